The summed E-state index contributed by atoms with van der Waals surface area (Å²) < 4.78 is 27.2. The number of halogens is 3. The fraction of sp³-hybridized carbons (Fsp3) is 0.0588. The number of nitrogen functional groups attached to an aromatic ring is 1. The van der Waals surface area contributed by atoms with Gasteiger partial charge in [-0.25, -0.2) is 24.6 Å². The predicted octanol–water partition coefficient (Wildman–Crippen LogP) is 2.61. The van der Waals surface area contributed by atoms with Crippen LogP contribution in [0, 0.1) is 11.6 Å². The highest BCUT2D eigenvalue weighted by atomic mass is 79.9. The monoisotopic (exact) mass is 434 g/mol. The van der Waals surface area contributed by atoms with Gasteiger partial charge in [-0.05, 0) is 52.3 Å². The molecule has 1 amide bonds. The van der Waals surface area contributed by atoms with E-state index in [1.54, 1.807) is 0 Å². The van der Waals surface area contributed by atoms with Crippen LogP contribution >= 0.6 is 15.9 Å². The third kappa shape index (κ3) is 4.07. The van der Waals surface area contributed by atoms with Gasteiger partial charge in [-0.15, -0.1) is 0 Å². The van der Waals surface area contributed by atoms with Gasteiger partial charge in [0, 0.05) is 11.8 Å². The Morgan fingerprint density at radius 3 is 2.52 bits per heavy atom. The Morgan fingerprint density at radius 2 is 1.85 bits per heavy atom. The molecule has 0 fully saturated rings. The van der Waals surface area contributed by atoms with Crippen LogP contribution in [0.25, 0.3) is 11.3 Å². The highest BCUT2D eigenvalue weighted by molar-refractivity contribution is 9.10. The van der Waals surface area contributed by atoms with E-state index in [1.807, 2.05) is 0 Å². The van der Waals surface area contributed by atoms with Crippen molar-refractivity contribution in [3.8, 4) is 11.3 Å². The predicted molar refractivity (Wildman–Crippen MR) is 99.1 cm³/mol. The molecule has 0 bridgehead atoms. The maximum absolute atomic E-state index is 13.7. The van der Waals surface area contributed by atoms with Gasteiger partial charge in [0.15, 0.2) is 5.82 Å². The van der Waals surface area contributed by atoms with Crippen LogP contribution < -0.4 is 16.6 Å². The van der Waals surface area contributed by atoms with Crippen molar-refractivity contribution >= 4 is 33.6 Å². The number of rotatable bonds is 4. The highest BCUT2D eigenvalue weighted by Gasteiger charge is 2.22. The van der Waals surface area contributed by atoms with Crippen molar-refractivity contribution in [2.45, 2.75) is 6.42 Å². The number of anilines is 2. The molecule has 2 aromatic heterocycles. The van der Waals surface area contributed by atoms with Crippen molar-refractivity contribution in [1.29, 1.82) is 0 Å². The summed E-state index contributed by atoms with van der Waals surface area (Å²) in [6, 6.07) is 8.13. The number of hydrogen-bond acceptors (Lipinski definition) is 6. The van der Waals surface area contributed by atoms with E-state index < -0.39 is 17.5 Å². The van der Waals surface area contributed by atoms with Crippen molar-refractivity contribution in [2.24, 2.45) is 5.84 Å². The average Bonchev–Trinajstić information content (AvgIpc) is 2.65. The Labute approximate surface area is 161 Å². The summed E-state index contributed by atoms with van der Waals surface area (Å²) in [5.74, 6) is 4.04. The fourth-order valence-corrected chi connectivity index (χ4v) is 2.90. The summed E-state index contributed by atoms with van der Waals surface area (Å²) in [5.41, 5.74) is 6.54. The van der Waals surface area contributed by atoms with Crippen LogP contribution in [-0.2, 0) is 11.2 Å². The first kappa shape index (κ1) is 18.8. The SMILES string of the molecule is Nc1nc(-c2ccc(F)cc2)c(Br)c(N(N)C(=O)Cc2ncccc2F)n1. The number of benzene rings is 1. The molecule has 0 unspecified atom stereocenters. The van der Waals surface area contributed by atoms with Crippen molar-refractivity contribution in [1.82, 2.24) is 15.0 Å². The molecule has 0 saturated heterocycles. The quantitative estimate of drug-likeness (QED) is 0.370. The molecule has 0 aliphatic rings. The molecule has 3 rings (SSSR count). The van der Waals surface area contributed by atoms with E-state index in [1.165, 1.54) is 42.6 Å². The number of aromatic nitrogens is 3. The second-order valence-electron chi connectivity index (χ2n) is 5.45. The molecule has 27 heavy (non-hydrogen) atoms. The van der Waals surface area contributed by atoms with Crippen LogP contribution in [0.1, 0.15) is 5.69 Å². The molecule has 4 N–H and O–H groups in total. The molecular formula is C17H13BrF2N6O. The maximum atomic E-state index is 13.7. The Kier molecular flexibility index (Phi) is 5.38. The number of hydrazine groups is 1. The molecule has 0 spiro atoms. The first-order chi connectivity index (χ1) is 12.9. The number of nitrogens with zero attached hydrogens (tertiary/aromatic N) is 4. The molecule has 2 heterocycles. The molecule has 10 heteroatoms. The van der Waals surface area contributed by atoms with Gasteiger partial charge in [-0.3, -0.25) is 9.78 Å². The summed E-state index contributed by atoms with van der Waals surface area (Å²) in [4.78, 5) is 24.3. The maximum Gasteiger partial charge on any atom is 0.248 e. The third-order valence-corrected chi connectivity index (χ3v) is 4.35. The van der Waals surface area contributed by atoms with Gasteiger partial charge in [0.2, 0.25) is 11.9 Å². The Hall–Kier alpha value is -2.98. The third-order valence-electron chi connectivity index (χ3n) is 3.62. The van der Waals surface area contributed by atoms with Crippen LogP contribution in [0.5, 0.6) is 0 Å². The minimum atomic E-state index is -0.656. The molecule has 0 atom stereocenters. The topological polar surface area (TPSA) is 111 Å². The Balaban J connectivity index is 1.95. The fourth-order valence-electron chi connectivity index (χ4n) is 2.31. The van der Waals surface area contributed by atoms with Crippen LogP contribution in [0.4, 0.5) is 20.5 Å². The van der Waals surface area contributed by atoms with E-state index >= 15 is 0 Å². The van der Waals surface area contributed by atoms with E-state index in [2.05, 4.69) is 30.9 Å². The lowest BCUT2D eigenvalue weighted by molar-refractivity contribution is -0.118. The summed E-state index contributed by atoms with van der Waals surface area (Å²) in [6.07, 6.45) is 1.00. The van der Waals surface area contributed by atoms with Crippen molar-refractivity contribution in [2.75, 3.05) is 10.7 Å². The van der Waals surface area contributed by atoms with E-state index in [0.717, 1.165) is 5.01 Å². The van der Waals surface area contributed by atoms with Crippen LogP contribution in [-0.4, -0.2) is 20.9 Å². The zero-order valence-corrected chi connectivity index (χ0v) is 15.3. The molecule has 3 aromatic rings. The first-order valence-electron chi connectivity index (χ1n) is 7.63. The smallest absolute Gasteiger partial charge is 0.248 e. The van der Waals surface area contributed by atoms with Gasteiger partial charge in [-0.2, -0.15) is 4.98 Å². The molecule has 0 aliphatic heterocycles. The highest BCUT2D eigenvalue weighted by Crippen LogP contribution is 2.33. The van der Waals surface area contributed by atoms with Crippen molar-refractivity contribution in [3.63, 3.8) is 0 Å². The van der Waals surface area contributed by atoms with E-state index in [-0.39, 0.29) is 28.4 Å². The summed E-state index contributed by atoms with van der Waals surface area (Å²) in [7, 11) is 0. The standard InChI is InChI=1S/C17H13BrF2N6O/c18-14-15(9-3-5-10(19)6-4-9)24-17(21)25-16(14)26(22)13(27)8-12-11(20)2-1-7-23-12/h1-7H,8,22H2,(H2,21,24,25). The minimum absolute atomic E-state index is 0.0110. The molecular weight excluding hydrogens is 422 g/mol. The number of carbonyl (C=O) groups is 1. The largest absolute Gasteiger partial charge is 0.368 e. The van der Waals surface area contributed by atoms with E-state index in [0.29, 0.717) is 11.3 Å². The number of amides is 1. The molecule has 0 aliphatic carbocycles. The minimum Gasteiger partial charge on any atom is -0.368 e. The lowest BCUT2D eigenvalue weighted by atomic mass is 10.1. The van der Waals surface area contributed by atoms with Gasteiger partial charge in [0.1, 0.15) is 11.6 Å². The van der Waals surface area contributed by atoms with Gasteiger partial charge >= 0.3 is 0 Å². The zero-order valence-electron chi connectivity index (χ0n) is 13.7. The normalized spacial score (nSPS) is 10.7. The lowest BCUT2D eigenvalue weighted by Crippen LogP contribution is -2.40. The molecule has 0 saturated carbocycles. The second-order valence-corrected chi connectivity index (χ2v) is 6.24. The van der Waals surface area contributed by atoms with Gasteiger partial charge in [-0.1, -0.05) is 0 Å². The summed E-state index contributed by atoms with van der Waals surface area (Å²) >= 11 is 3.30. The molecule has 138 valence electrons. The Morgan fingerprint density at radius 1 is 1.15 bits per heavy atom. The molecule has 1 aromatic carbocycles. The lowest BCUT2D eigenvalue weighted by Gasteiger charge is -2.19. The number of pyridine rings is 1. The summed E-state index contributed by atoms with van der Waals surface area (Å²) in [5, 5.41) is 0.739. The number of carbonyl (C=O) groups excluding carboxylic acids is 1. The first-order valence-corrected chi connectivity index (χ1v) is 8.42. The summed E-state index contributed by atoms with van der Waals surface area (Å²) in [6.45, 7) is 0. The van der Waals surface area contributed by atoms with E-state index in [4.69, 9.17) is 11.6 Å². The van der Waals surface area contributed by atoms with Crippen molar-refractivity contribution in [3.05, 3.63) is 64.4 Å². The molecule has 0 radical (unpaired) electrons. The molecule has 7 nitrogen and oxygen atoms in total. The van der Waals surface area contributed by atoms with Gasteiger partial charge < -0.3 is 5.73 Å². The van der Waals surface area contributed by atoms with E-state index in [9.17, 15) is 13.6 Å². The second kappa shape index (κ2) is 7.72. The van der Waals surface area contributed by atoms with Gasteiger partial charge in [0.25, 0.3) is 0 Å². The van der Waals surface area contributed by atoms with Crippen LogP contribution in [0.15, 0.2) is 47.1 Å². The van der Waals surface area contributed by atoms with Crippen LogP contribution in [0.2, 0.25) is 0 Å². The van der Waals surface area contributed by atoms with Crippen LogP contribution in [0.3, 0.4) is 0 Å². The van der Waals surface area contributed by atoms with Crippen molar-refractivity contribution < 1.29 is 13.6 Å². The Bertz CT molecular complexity index is 999. The zero-order chi connectivity index (χ0) is 19.6. The number of nitrogens with two attached hydrogens (primary N) is 2. The number of hydrogen-bond donors (Lipinski definition) is 2. The van der Waals surface area contributed by atoms with Gasteiger partial charge in [0.05, 0.1) is 22.3 Å². The average molecular weight is 435 g/mol.